The molecule has 0 bridgehead atoms. The monoisotopic (exact) mass is 345 g/mol. The van der Waals surface area contributed by atoms with Crippen molar-refractivity contribution in [1.82, 2.24) is 14.8 Å². The minimum absolute atomic E-state index is 0.139. The van der Waals surface area contributed by atoms with Gasteiger partial charge in [0.2, 0.25) is 11.8 Å². The van der Waals surface area contributed by atoms with E-state index >= 15 is 0 Å². The van der Waals surface area contributed by atoms with Gasteiger partial charge in [-0.15, -0.1) is 0 Å². The average molecular weight is 345 g/mol. The molecule has 0 spiro atoms. The Morgan fingerprint density at radius 2 is 1.60 bits per heavy atom. The number of hydrogen-bond acceptors (Lipinski definition) is 5. The van der Waals surface area contributed by atoms with E-state index in [4.69, 9.17) is 0 Å². The molecule has 2 saturated heterocycles. The quantitative estimate of drug-likeness (QED) is 0.891. The number of aromatic nitrogens is 1. The lowest BCUT2D eigenvalue weighted by Gasteiger charge is -2.35. The number of amides is 2. The summed E-state index contributed by atoms with van der Waals surface area (Å²) in [4.78, 5) is 33.4. The molecule has 0 aliphatic carbocycles. The number of likely N-dealkylation sites (tertiary alicyclic amines) is 1. The summed E-state index contributed by atoms with van der Waals surface area (Å²) in [6.07, 6.45) is 3.77. The van der Waals surface area contributed by atoms with Gasteiger partial charge in [-0.25, -0.2) is 4.98 Å². The third-order valence-corrected chi connectivity index (χ3v) is 5.11. The van der Waals surface area contributed by atoms with E-state index in [1.807, 2.05) is 22.1 Å². The number of pyridine rings is 1. The van der Waals surface area contributed by atoms with Crippen LogP contribution in [0.25, 0.3) is 0 Å². The van der Waals surface area contributed by atoms with Crippen LogP contribution in [-0.4, -0.2) is 71.9 Å². The molecule has 7 nitrogen and oxygen atoms in total. The largest absolute Gasteiger partial charge is 0.382 e. The van der Waals surface area contributed by atoms with Crippen molar-refractivity contribution >= 4 is 23.3 Å². The zero-order valence-electron chi connectivity index (χ0n) is 15.1. The van der Waals surface area contributed by atoms with E-state index in [-0.39, 0.29) is 11.8 Å². The summed E-state index contributed by atoms with van der Waals surface area (Å²) in [6, 6.07) is 4.47. The molecule has 2 fully saturated rings. The van der Waals surface area contributed by atoms with Gasteiger partial charge in [0.15, 0.2) is 0 Å². The highest BCUT2D eigenvalue weighted by atomic mass is 16.2. The number of anilines is 2. The fourth-order valence-electron chi connectivity index (χ4n) is 3.51. The second-order valence-electron chi connectivity index (χ2n) is 6.82. The Morgan fingerprint density at radius 1 is 1.00 bits per heavy atom. The zero-order valence-corrected chi connectivity index (χ0v) is 15.1. The van der Waals surface area contributed by atoms with Crippen LogP contribution < -0.4 is 10.2 Å². The molecule has 0 saturated carbocycles. The van der Waals surface area contributed by atoms with Crippen LogP contribution in [0.2, 0.25) is 0 Å². The standard InChI is InChI=1S/C18H27N5O2/c1-14(24)21-7-4-16(5-8-21)20-17-3-6-19-18(13-17)23-11-9-22(10-12-23)15(2)25/h3,6,13,16H,4-5,7-12H2,1-2H3,(H,19,20). The van der Waals surface area contributed by atoms with Gasteiger partial charge in [-0.2, -0.15) is 0 Å². The fraction of sp³-hybridized carbons (Fsp3) is 0.611. The molecule has 1 aromatic heterocycles. The van der Waals surface area contributed by atoms with Crippen molar-refractivity contribution in [2.45, 2.75) is 32.7 Å². The first kappa shape index (κ1) is 17.5. The molecule has 3 heterocycles. The van der Waals surface area contributed by atoms with Crippen molar-refractivity contribution in [2.75, 3.05) is 49.5 Å². The number of carbonyl (C=O) groups excluding carboxylic acids is 2. The average Bonchev–Trinajstić information content (AvgIpc) is 2.62. The van der Waals surface area contributed by atoms with Gasteiger partial charge in [-0.3, -0.25) is 9.59 Å². The van der Waals surface area contributed by atoms with Crippen LogP contribution in [0.5, 0.6) is 0 Å². The first-order valence-electron chi connectivity index (χ1n) is 9.01. The number of piperazine rings is 1. The lowest BCUT2D eigenvalue weighted by Crippen LogP contribution is -2.48. The normalized spacial score (nSPS) is 19.0. The summed E-state index contributed by atoms with van der Waals surface area (Å²) in [5, 5.41) is 3.58. The molecule has 0 aromatic carbocycles. The fourth-order valence-corrected chi connectivity index (χ4v) is 3.51. The van der Waals surface area contributed by atoms with Crippen LogP contribution in [0.15, 0.2) is 18.3 Å². The Labute approximate surface area is 149 Å². The highest BCUT2D eigenvalue weighted by Crippen LogP contribution is 2.21. The molecule has 0 unspecified atom stereocenters. The van der Waals surface area contributed by atoms with Gasteiger partial charge in [0.05, 0.1) is 0 Å². The molecule has 25 heavy (non-hydrogen) atoms. The summed E-state index contributed by atoms with van der Waals surface area (Å²) in [6.45, 7) is 8.01. The van der Waals surface area contributed by atoms with Crippen molar-refractivity contribution in [1.29, 1.82) is 0 Å². The molecule has 0 radical (unpaired) electrons. The number of rotatable bonds is 3. The minimum atomic E-state index is 0.139. The van der Waals surface area contributed by atoms with E-state index in [0.29, 0.717) is 6.04 Å². The Bertz CT molecular complexity index is 620. The first-order valence-corrected chi connectivity index (χ1v) is 9.01. The lowest BCUT2D eigenvalue weighted by molar-refractivity contribution is -0.130. The Hall–Kier alpha value is -2.31. The smallest absolute Gasteiger partial charge is 0.219 e. The Balaban J connectivity index is 1.55. The number of nitrogens with zero attached hydrogens (tertiary/aromatic N) is 4. The molecule has 1 N–H and O–H groups in total. The SMILES string of the molecule is CC(=O)N1CCC(Nc2ccnc(N3CCN(C(C)=O)CC3)c2)CC1. The summed E-state index contributed by atoms with van der Waals surface area (Å²) < 4.78 is 0. The molecular formula is C18H27N5O2. The maximum absolute atomic E-state index is 11.4. The van der Waals surface area contributed by atoms with Crippen LogP contribution in [0.4, 0.5) is 11.5 Å². The maximum Gasteiger partial charge on any atom is 0.219 e. The summed E-state index contributed by atoms with van der Waals surface area (Å²) in [5.41, 5.74) is 1.07. The van der Waals surface area contributed by atoms with Crippen LogP contribution >= 0.6 is 0 Å². The van der Waals surface area contributed by atoms with Gasteiger partial charge in [-0.05, 0) is 18.9 Å². The predicted octanol–water partition coefficient (Wildman–Crippen LogP) is 1.17. The van der Waals surface area contributed by atoms with E-state index < -0.39 is 0 Å². The van der Waals surface area contributed by atoms with Crippen LogP contribution in [0.3, 0.4) is 0 Å². The highest BCUT2D eigenvalue weighted by Gasteiger charge is 2.22. The first-order chi connectivity index (χ1) is 12.0. The van der Waals surface area contributed by atoms with Crippen molar-refractivity contribution in [2.24, 2.45) is 0 Å². The van der Waals surface area contributed by atoms with Crippen LogP contribution in [-0.2, 0) is 9.59 Å². The Morgan fingerprint density at radius 3 is 2.20 bits per heavy atom. The molecule has 1 aromatic rings. The third kappa shape index (κ3) is 4.41. The van der Waals surface area contributed by atoms with E-state index in [1.165, 1.54) is 0 Å². The second kappa shape index (κ2) is 7.72. The van der Waals surface area contributed by atoms with Gasteiger partial charge in [0.1, 0.15) is 5.82 Å². The topological polar surface area (TPSA) is 68.8 Å². The van der Waals surface area contributed by atoms with E-state index in [2.05, 4.69) is 21.3 Å². The molecule has 0 atom stereocenters. The van der Waals surface area contributed by atoms with Crippen molar-refractivity contribution in [3.63, 3.8) is 0 Å². The van der Waals surface area contributed by atoms with E-state index in [1.54, 1.807) is 13.8 Å². The predicted molar refractivity (Wildman–Crippen MR) is 97.6 cm³/mol. The summed E-state index contributed by atoms with van der Waals surface area (Å²) in [5.74, 6) is 1.25. The lowest BCUT2D eigenvalue weighted by atomic mass is 10.0. The molecule has 7 heteroatoms. The number of piperidine rings is 1. The number of hydrogen-bond donors (Lipinski definition) is 1. The van der Waals surface area contributed by atoms with Crippen molar-refractivity contribution < 1.29 is 9.59 Å². The van der Waals surface area contributed by atoms with Gasteiger partial charge >= 0.3 is 0 Å². The molecule has 2 aliphatic rings. The van der Waals surface area contributed by atoms with Crippen LogP contribution in [0, 0.1) is 0 Å². The molecular weight excluding hydrogens is 318 g/mol. The summed E-state index contributed by atoms with van der Waals surface area (Å²) >= 11 is 0. The number of carbonyl (C=O) groups is 2. The summed E-state index contributed by atoms with van der Waals surface area (Å²) in [7, 11) is 0. The zero-order chi connectivity index (χ0) is 17.8. The van der Waals surface area contributed by atoms with Crippen molar-refractivity contribution in [3.8, 4) is 0 Å². The second-order valence-corrected chi connectivity index (χ2v) is 6.82. The minimum Gasteiger partial charge on any atom is -0.382 e. The van der Waals surface area contributed by atoms with E-state index in [9.17, 15) is 9.59 Å². The van der Waals surface area contributed by atoms with Gasteiger partial charge in [-0.1, -0.05) is 0 Å². The maximum atomic E-state index is 11.4. The van der Waals surface area contributed by atoms with E-state index in [0.717, 1.165) is 63.6 Å². The third-order valence-electron chi connectivity index (χ3n) is 5.11. The Kier molecular flexibility index (Phi) is 5.40. The van der Waals surface area contributed by atoms with Gasteiger partial charge < -0.3 is 20.0 Å². The number of nitrogens with one attached hydrogen (secondary N) is 1. The molecule has 136 valence electrons. The molecule has 2 aliphatic heterocycles. The van der Waals surface area contributed by atoms with Gasteiger partial charge in [0.25, 0.3) is 0 Å². The van der Waals surface area contributed by atoms with Crippen molar-refractivity contribution in [3.05, 3.63) is 18.3 Å². The van der Waals surface area contributed by atoms with Crippen LogP contribution in [0.1, 0.15) is 26.7 Å². The van der Waals surface area contributed by atoms with Gasteiger partial charge in [0, 0.05) is 77.1 Å². The molecule has 3 rings (SSSR count). The molecule has 2 amide bonds. The highest BCUT2D eigenvalue weighted by molar-refractivity contribution is 5.74.